The van der Waals surface area contributed by atoms with Gasteiger partial charge in [0.1, 0.15) is 0 Å². The minimum Gasteiger partial charge on any atom is -1.00 e. The SMILES string of the molecule is C[CH-]C.[Cl-].[Cl-].[Hf].[c-]1cccc2c1Cc1ccccc1-2.c1cc[cH-]c1. The molecule has 0 bridgehead atoms. The van der Waals surface area contributed by atoms with Crippen LogP contribution in [0.15, 0.2) is 72.8 Å². The maximum Gasteiger partial charge on any atom is 0 e. The topological polar surface area (TPSA) is 0 Å². The molecule has 0 nitrogen and oxygen atoms in total. The van der Waals surface area contributed by atoms with E-state index in [4.69, 9.17) is 0 Å². The number of fused-ring (bicyclic) bond motifs is 3. The second-order valence-electron chi connectivity index (χ2n) is 4.94. The van der Waals surface area contributed by atoms with Gasteiger partial charge in [-0.3, -0.25) is 0 Å². The average Bonchev–Trinajstić information content (AvgIpc) is 3.19. The van der Waals surface area contributed by atoms with Gasteiger partial charge in [0, 0.05) is 25.8 Å². The molecule has 0 N–H and O–H groups in total. The van der Waals surface area contributed by atoms with Crippen molar-refractivity contribution in [3.63, 3.8) is 0 Å². The Labute approximate surface area is 177 Å². The molecule has 0 spiro atoms. The van der Waals surface area contributed by atoms with Crippen LogP contribution in [0.5, 0.6) is 0 Å². The summed E-state index contributed by atoms with van der Waals surface area (Å²) in [6.45, 7) is 4.00. The molecule has 0 fully saturated rings. The van der Waals surface area contributed by atoms with Crippen LogP contribution in [0.1, 0.15) is 25.0 Å². The molecule has 0 atom stereocenters. The van der Waals surface area contributed by atoms with Crippen LogP contribution in [0.25, 0.3) is 11.1 Å². The summed E-state index contributed by atoms with van der Waals surface area (Å²) < 4.78 is 0. The van der Waals surface area contributed by atoms with Crippen molar-refractivity contribution in [1.82, 2.24) is 0 Å². The van der Waals surface area contributed by atoms with Crippen molar-refractivity contribution >= 4 is 0 Å². The van der Waals surface area contributed by atoms with Gasteiger partial charge < -0.3 is 31.2 Å². The first-order chi connectivity index (χ1) is 10.4. The molecule has 0 heterocycles. The molecule has 1 aliphatic rings. The Morgan fingerprint density at radius 3 is 2.04 bits per heavy atom. The van der Waals surface area contributed by atoms with E-state index in [1.165, 1.54) is 22.3 Å². The predicted octanol–water partition coefficient (Wildman–Crippen LogP) is -0.301. The average molecular weight is 523 g/mol. The summed E-state index contributed by atoms with van der Waals surface area (Å²) in [5.74, 6) is 0. The van der Waals surface area contributed by atoms with Crippen LogP contribution in [-0.2, 0) is 32.3 Å². The Morgan fingerprint density at radius 2 is 1.46 bits per heavy atom. The van der Waals surface area contributed by atoms with Gasteiger partial charge in [0.2, 0.25) is 0 Å². The van der Waals surface area contributed by atoms with Crippen molar-refractivity contribution < 1.29 is 50.7 Å². The van der Waals surface area contributed by atoms with Crippen LogP contribution in [-0.4, -0.2) is 0 Å². The molecule has 128 valence electrons. The van der Waals surface area contributed by atoms with Crippen molar-refractivity contribution in [2.75, 3.05) is 0 Å². The van der Waals surface area contributed by atoms with E-state index in [1.807, 2.05) is 56.7 Å². The van der Waals surface area contributed by atoms with Gasteiger partial charge in [0.05, 0.1) is 0 Å². The molecule has 24 heavy (non-hydrogen) atoms. The summed E-state index contributed by atoms with van der Waals surface area (Å²) in [7, 11) is 0. The summed E-state index contributed by atoms with van der Waals surface area (Å²) in [6, 6.07) is 28.1. The molecule has 0 aromatic heterocycles. The van der Waals surface area contributed by atoms with Crippen LogP contribution in [0.4, 0.5) is 0 Å². The Balaban J connectivity index is 0. The molecular weight excluding hydrogens is 502 g/mol. The molecule has 1 aliphatic carbocycles. The summed E-state index contributed by atoms with van der Waals surface area (Å²) in [4.78, 5) is 0. The molecule has 4 rings (SSSR count). The van der Waals surface area contributed by atoms with Crippen LogP contribution in [0.3, 0.4) is 0 Å². The Hall–Kier alpha value is -0.760. The Bertz CT molecular complexity index is 588. The van der Waals surface area contributed by atoms with E-state index in [1.54, 1.807) is 0 Å². The van der Waals surface area contributed by atoms with Gasteiger partial charge in [0.25, 0.3) is 0 Å². The fraction of sp³-hybridized carbons (Fsp3) is 0.143. The number of benzene rings is 2. The third kappa shape index (κ3) is 7.42. The third-order valence-corrected chi connectivity index (χ3v) is 3.17. The minimum absolute atomic E-state index is 0. The van der Waals surface area contributed by atoms with Crippen LogP contribution < -0.4 is 24.8 Å². The molecule has 0 radical (unpaired) electrons. The zero-order chi connectivity index (χ0) is 14.9. The maximum atomic E-state index is 3.30. The molecule has 0 amide bonds. The van der Waals surface area contributed by atoms with Crippen molar-refractivity contribution in [3.05, 3.63) is 96.4 Å². The predicted molar refractivity (Wildman–Crippen MR) is 91.2 cm³/mol. The van der Waals surface area contributed by atoms with E-state index >= 15 is 0 Å². The van der Waals surface area contributed by atoms with Crippen molar-refractivity contribution in [3.8, 4) is 11.1 Å². The third-order valence-electron chi connectivity index (χ3n) is 3.17. The molecule has 0 saturated carbocycles. The number of hydrogen-bond donors (Lipinski definition) is 0. The van der Waals surface area contributed by atoms with Gasteiger partial charge in [-0.15, -0.1) is 5.56 Å². The summed E-state index contributed by atoms with van der Waals surface area (Å²) in [6.07, 6.45) is 3.05. The van der Waals surface area contributed by atoms with Gasteiger partial charge in [-0.1, -0.05) is 35.4 Å². The van der Waals surface area contributed by atoms with E-state index in [2.05, 4.69) is 42.5 Å². The van der Waals surface area contributed by atoms with Crippen molar-refractivity contribution in [2.45, 2.75) is 20.3 Å². The first-order valence-electron chi connectivity index (χ1n) is 7.35. The van der Waals surface area contributed by atoms with Crippen LogP contribution in [0.2, 0.25) is 0 Å². The summed E-state index contributed by atoms with van der Waals surface area (Å²) in [5.41, 5.74) is 5.51. The number of rotatable bonds is 0. The first-order valence-corrected chi connectivity index (χ1v) is 7.35. The van der Waals surface area contributed by atoms with Crippen LogP contribution in [0, 0.1) is 12.5 Å². The van der Waals surface area contributed by atoms with E-state index < -0.39 is 0 Å². The molecule has 0 saturated heterocycles. The number of halogens is 2. The second-order valence-corrected chi connectivity index (χ2v) is 4.94. The van der Waals surface area contributed by atoms with E-state index in [0.717, 1.165) is 6.42 Å². The molecular formula is C21H21Cl2Hf-5. The Kier molecular flexibility index (Phi) is 15.5. The zero-order valence-corrected chi connectivity index (χ0v) is 19.1. The normalized spacial score (nSPS) is 9.08. The minimum atomic E-state index is 0. The van der Waals surface area contributed by atoms with Gasteiger partial charge in [-0.2, -0.15) is 61.9 Å². The molecule has 3 heteroatoms. The largest absolute Gasteiger partial charge is 1.00 e. The fourth-order valence-electron chi connectivity index (χ4n) is 2.32. The van der Waals surface area contributed by atoms with Gasteiger partial charge in [-0.05, 0) is 6.42 Å². The molecule has 3 aromatic rings. The first kappa shape index (κ1) is 25.5. The standard InChI is InChI=1S/C13H9.C5H5.C3H7.2ClH.Hf/c1-3-7-12-10(5-1)9-11-6-2-4-8-13(11)12;1-2-4-5-3-1;1-3-2;;;/h1-5,7-8H,9H2;1-5H;3H,1-2H3;2*1H;/q3*-1;;;/p-2. The smallest absolute Gasteiger partial charge is 0 e. The quantitative estimate of drug-likeness (QED) is 0.220. The van der Waals surface area contributed by atoms with E-state index in [9.17, 15) is 0 Å². The van der Waals surface area contributed by atoms with Gasteiger partial charge in [-0.25, -0.2) is 12.1 Å². The maximum absolute atomic E-state index is 3.30. The zero-order valence-electron chi connectivity index (χ0n) is 14.0. The van der Waals surface area contributed by atoms with Gasteiger partial charge >= 0.3 is 0 Å². The van der Waals surface area contributed by atoms with Crippen molar-refractivity contribution in [2.24, 2.45) is 0 Å². The van der Waals surface area contributed by atoms with E-state index in [0.29, 0.717) is 0 Å². The monoisotopic (exact) mass is 523 g/mol. The summed E-state index contributed by atoms with van der Waals surface area (Å²) in [5, 5.41) is 0. The van der Waals surface area contributed by atoms with Gasteiger partial charge in [0.15, 0.2) is 0 Å². The molecule has 3 aromatic carbocycles. The molecule has 0 unspecified atom stereocenters. The van der Waals surface area contributed by atoms with Crippen molar-refractivity contribution in [1.29, 1.82) is 0 Å². The Morgan fingerprint density at radius 1 is 0.875 bits per heavy atom. The molecule has 0 aliphatic heterocycles. The number of hydrogen-bond acceptors (Lipinski definition) is 0. The van der Waals surface area contributed by atoms with Crippen LogP contribution >= 0.6 is 0 Å². The summed E-state index contributed by atoms with van der Waals surface area (Å²) >= 11 is 0. The van der Waals surface area contributed by atoms with E-state index in [-0.39, 0.29) is 50.7 Å². The second kappa shape index (κ2) is 14.6. The fourth-order valence-corrected chi connectivity index (χ4v) is 2.32.